The van der Waals surface area contributed by atoms with Crippen LogP contribution in [-0.4, -0.2) is 34.9 Å². The van der Waals surface area contributed by atoms with E-state index in [9.17, 15) is 4.79 Å². The molecule has 0 spiro atoms. The number of aromatic nitrogens is 1. The summed E-state index contributed by atoms with van der Waals surface area (Å²) in [6, 6.07) is 5.91. The van der Waals surface area contributed by atoms with Crippen molar-refractivity contribution in [2.45, 2.75) is 45.6 Å². The molecule has 0 saturated carbocycles. The molecule has 1 amide bonds. The number of carbonyl (C=O) groups excluding carboxylic acids is 1. The highest BCUT2D eigenvalue weighted by Crippen LogP contribution is 2.14. The van der Waals surface area contributed by atoms with Gasteiger partial charge in [0.25, 0.3) is 5.91 Å². The third-order valence-electron chi connectivity index (χ3n) is 3.30. The zero-order valence-electron chi connectivity index (χ0n) is 11.9. The van der Waals surface area contributed by atoms with Crippen LogP contribution in [0.15, 0.2) is 18.2 Å². The van der Waals surface area contributed by atoms with Crippen molar-refractivity contribution in [3.8, 4) is 0 Å². The third kappa shape index (κ3) is 3.94. The van der Waals surface area contributed by atoms with Crippen molar-refractivity contribution < 1.29 is 4.79 Å². The van der Waals surface area contributed by atoms with E-state index in [0.717, 1.165) is 31.7 Å². The predicted octanol–water partition coefficient (Wildman–Crippen LogP) is 2.92. The van der Waals surface area contributed by atoms with Gasteiger partial charge in [0.15, 0.2) is 0 Å². The molecule has 1 aliphatic heterocycles. The molecule has 19 heavy (non-hydrogen) atoms. The Morgan fingerprint density at radius 3 is 2.53 bits per heavy atom. The Balaban J connectivity index is 2.09. The third-order valence-corrected chi connectivity index (χ3v) is 3.30. The van der Waals surface area contributed by atoms with Crippen LogP contribution >= 0.6 is 0 Å². The molecule has 1 saturated heterocycles. The lowest BCUT2D eigenvalue weighted by Crippen LogP contribution is -2.32. The van der Waals surface area contributed by atoms with Crippen molar-refractivity contribution in [1.82, 2.24) is 9.88 Å². The summed E-state index contributed by atoms with van der Waals surface area (Å²) in [5.74, 6) is 0.838. The number of pyridine rings is 1. The van der Waals surface area contributed by atoms with E-state index < -0.39 is 0 Å². The fourth-order valence-corrected chi connectivity index (χ4v) is 2.37. The molecule has 0 aromatic carbocycles. The molecule has 0 aliphatic carbocycles. The molecular formula is C15H23N3O. The number of nitrogens with zero attached hydrogens (tertiary/aromatic N) is 2. The summed E-state index contributed by atoms with van der Waals surface area (Å²) in [5.41, 5.74) is 0.549. The minimum atomic E-state index is 0.0642. The zero-order chi connectivity index (χ0) is 13.7. The lowest BCUT2D eigenvalue weighted by molar-refractivity contribution is 0.0756. The van der Waals surface area contributed by atoms with Crippen molar-refractivity contribution in [2.75, 3.05) is 18.4 Å². The second kappa shape index (κ2) is 6.55. The van der Waals surface area contributed by atoms with Gasteiger partial charge in [-0.1, -0.05) is 18.9 Å². The summed E-state index contributed by atoms with van der Waals surface area (Å²) >= 11 is 0. The second-order valence-electron chi connectivity index (χ2n) is 5.41. The van der Waals surface area contributed by atoms with Gasteiger partial charge in [-0.3, -0.25) is 4.79 Å². The van der Waals surface area contributed by atoms with Crippen LogP contribution in [0.25, 0.3) is 0 Å². The van der Waals surface area contributed by atoms with Crippen LogP contribution in [0, 0.1) is 0 Å². The Bertz CT molecular complexity index is 423. The second-order valence-corrected chi connectivity index (χ2v) is 5.41. The Hall–Kier alpha value is -1.58. The molecule has 1 fully saturated rings. The van der Waals surface area contributed by atoms with Crippen LogP contribution in [0.1, 0.15) is 50.0 Å². The summed E-state index contributed by atoms with van der Waals surface area (Å²) in [7, 11) is 0. The van der Waals surface area contributed by atoms with Crippen molar-refractivity contribution in [3.63, 3.8) is 0 Å². The minimum absolute atomic E-state index is 0.0642. The number of amides is 1. The molecule has 4 heteroatoms. The number of anilines is 1. The highest BCUT2D eigenvalue weighted by molar-refractivity contribution is 5.92. The smallest absolute Gasteiger partial charge is 0.272 e. The van der Waals surface area contributed by atoms with Gasteiger partial charge in [-0.25, -0.2) is 4.98 Å². The first-order valence-corrected chi connectivity index (χ1v) is 7.19. The van der Waals surface area contributed by atoms with Crippen LogP contribution in [0.3, 0.4) is 0 Å². The van der Waals surface area contributed by atoms with Gasteiger partial charge in [-0.2, -0.15) is 0 Å². The first-order chi connectivity index (χ1) is 9.16. The summed E-state index contributed by atoms with van der Waals surface area (Å²) in [6.45, 7) is 5.85. The van der Waals surface area contributed by atoms with Crippen molar-refractivity contribution in [1.29, 1.82) is 0 Å². The molecule has 0 atom stereocenters. The summed E-state index contributed by atoms with van der Waals surface area (Å²) in [4.78, 5) is 18.8. The quantitative estimate of drug-likeness (QED) is 0.910. The fourth-order valence-electron chi connectivity index (χ4n) is 2.37. The highest BCUT2D eigenvalue weighted by Gasteiger charge is 2.18. The van der Waals surface area contributed by atoms with E-state index in [1.165, 1.54) is 12.8 Å². The average molecular weight is 261 g/mol. The van der Waals surface area contributed by atoms with E-state index in [4.69, 9.17) is 0 Å². The fraction of sp³-hybridized carbons (Fsp3) is 0.600. The molecule has 0 bridgehead atoms. The van der Waals surface area contributed by atoms with Gasteiger partial charge in [-0.05, 0) is 38.8 Å². The first kappa shape index (κ1) is 13.8. The molecule has 1 aliphatic rings. The average Bonchev–Trinajstić information content (AvgIpc) is 2.66. The van der Waals surface area contributed by atoms with Crippen LogP contribution < -0.4 is 5.32 Å². The van der Waals surface area contributed by atoms with Crippen molar-refractivity contribution in [3.05, 3.63) is 23.9 Å². The topological polar surface area (TPSA) is 45.2 Å². The number of hydrogen-bond donors (Lipinski definition) is 1. The van der Waals surface area contributed by atoms with Gasteiger partial charge < -0.3 is 10.2 Å². The Morgan fingerprint density at radius 1 is 1.21 bits per heavy atom. The predicted molar refractivity (Wildman–Crippen MR) is 77.4 cm³/mol. The lowest BCUT2D eigenvalue weighted by atomic mass is 10.2. The molecule has 1 N–H and O–H groups in total. The molecule has 2 rings (SSSR count). The van der Waals surface area contributed by atoms with Crippen LogP contribution in [0.4, 0.5) is 5.82 Å². The zero-order valence-corrected chi connectivity index (χ0v) is 11.9. The Labute approximate surface area is 115 Å². The van der Waals surface area contributed by atoms with Crippen LogP contribution in [0.2, 0.25) is 0 Å². The summed E-state index contributed by atoms with van der Waals surface area (Å²) in [5, 5.41) is 3.23. The normalized spacial score (nSPS) is 16.3. The number of nitrogens with one attached hydrogen (secondary N) is 1. The Kier molecular flexibility index (Phi) is 4.77. The van der Waals surface area contributed by atoms with Gasteiger partial charge in [0, 0.05) is 19.1 Å². The van der Waals surface area contributed by atoms with Crippen molar-refractivity contribution in [2.24, 2.45) is 0 Å². The molecule has 0 unspecified atom stereocenters. The summed E-state index contributed by atoms with van der Waals surface area (Å²) < 4.78 is 0. The maximum Gasteiger partial charge on any atom is 0.272 e. The van der Waals surface area contributed by atoms with E-state index in [-0.39, 0.29) is 5.91 Å². The molecular weight excluding hydrogens is 238 g/mol. The van der Waals surface area contributed by atoms with Crippen LogP contribution in [0.5, 0.6) is 0 Å². The van der Waals surface area contributed by atoms with E-state index in [2.05, 4.69) is 24.1 Å². The SMILES string of the molecule is CC(C)Nc1cccc(C(=O)N2CCCCCC2)n1. The van der Waals surface area contributed by atoms with Gasteiger partial charge in [0.2, 0.25) is 0 Å². The number of hydrogen-bond acceptors (Lipinski definition) is 3. The molecule has 1 aromatic heterocycles. The standard InChI is InChI=1S/C15H23N3O/c1-12(2)16-14-9-7-8-13(17-14)15(19)18-10-5-3-4-6-11-18/h7-9,12H,3-6,10-11H2,1-2H3,(H,16,17). The number of carbonyl (C=O) groups is 1. The molecule has 0 radical (unpaired) electrons. The monoisotopic (exact) mass is 261 g/mol. The van der Waals surface area contributed by atoms with E-state index in [1.807, 2.05) is 17.0 Å². The number of rotatable bonds is 3. The largest absolute Gasteiger partial charge is 0.368 e. The molecule has 4 nitrogen and oxygen atoms in total. The lowest BCUT2D eigenvalue weighted by Gasteiger charge is -2.20. The molecule has 1 aromatic rings. The van der Waals surface area contributed by atoms with E-state index >= 15 is 0 Å². The number of likely N-dealkylation sites (tertiary alicyclic amines) is 1. The van der Waals surface area contributed by atoms with E-state index in [1.54, 1.807) is 6.07 Å². The van der Waals surface area contributed by atoms with Crippen molar-refractivity contribution >= 4 is 11.7 Å². The Morgan fingerprint density at radius 2 is 1.89 bits per heavy atom. The van der Waals surface area contributed by atoms with Gasteiger partial charge >= 0.3 is 0 Å². The maximum atomic E-state index is 12.4. The summed E-state index contributed by atoms with van der Waals surface area (Å²) in [6.07, 6.45) is 4.67. The molecule has 2 heterocycles. The first-order valence-electron chi connectivity index (χ1n) is 7.19. The van der Waals surface area contributed by atoms with E-state index in [0.29, 0.717) is 11.7 Å². The highest BCUT2D eigenvalue weighted by atomic mass is 16.2. The van der Waals surface area contributed by atoms with Gasteiger partial charge in [-0.15, -0.1) is 0 Å². The van der Waals surface area contributed by atoms with Gasteiger partial charge in [0.05, 0.1) is 0 Å². The maximum absolute atomic E-state index is 12.4. The minimum Gasteiger partial charge on any atom is -0.368 e. The van der Waals surface area contributed by atoms with Gasteiger partial charge in [0.1, 0.15) is 11.5 Å². The van der Waals surface area contributed by atoms with Crippen LogP contribution in [-0.2, 0) is 0 Å². The molecule has 104 valence electrons.